The summed E-state index contributed by atoms with van der Waals surface area (Å²) in [7, 11) is 0. The molecule has 0 aliphatic carbocycles. The Morgan fingerprint density at radius 1 is 0.625 bits per heavy atom. The Morgan fingerprint density at radius 3 is 0.625 bits per heavy atom. The van der Waals surface area contributed by atoms with Gasteiger partial charge < -0.3 is 16.4 Å². The predicted octanol–water partition coefficient (Wildman–Crippen LogP) is 0.688. The molecule has 0 aliphatic rings. The van der Waals surface area contributed by atoms with Gasteiger partial charge in [-0.2, -0.15) is 0 Å². The number of hydrogen-bond acceptors (Lipinski definition) is 0. The molecular weight excluding hydrogens is 674 g/mol. The quantitative estimate of drug-likeness (QED) is 0.266. The van der Waals surface area contributed by atoms with E-state index in [2.05, 4.69) is 74.5 Å². The fourth-order valence-electron chi connectivity index (χ4n) is 0. The van der Waals surface area contributed by atoms with Crippen molar-refractivity contribution in [1.29, 1.82) is 0 Å². The van der Waals surface area contributed by atoms with Crippen molar-refractivity contribution in [2.75, 3.05) is 0 Å². The maximum atomic E-state index is 2.55. The van der Waals surface area contributed by atoms with Gasteiger partial charge in [0.05, 0.1) is 0 Å². The molecule has 0 atom stereocenters. The van der Waals surface area contributed by atoms with Crippen LogP contribution >= 0.6 is 74.5 Å². The molecular formula is H6I4O3Sn. The van der Waals surface area contributed by atoms with Crippen LogP contribution in [0.4, 0.5) is 0 Å². The molecule has 56 valence electrons. The molecule has 0 aliphatic heterocycles. The normalized spacial score (nSPS) is 7.50. The zero-order chi connectivity index (χ0) is 4.50. The van der Waals surface area contributed by atoms with Crippen LogP contribution in [-0.4, -0.2) is 18.9 Å². The van der Waals surface area contributed by atoms with Crippen LogP contribution in [0.2, 0.25) is 0 Å². The third kappa shape index (κ3) is 54.8. The predicted molar refractivity (Wildman–Crippen MR) is 72.7 cm³/mol. The van der Waals surface area contributed by atoms with E-state index in [1.54, 1.807) is 0 Å². The van der Waals surface area contributed by atoms with Crippen LogP contribution in [0.15, 0.2) is 0 Å². The molecule has 0 aromatic heterocycles. The summed E-state index contributed by atoms with van der Waals surface area (Å²) in [5.74, 6) is 0. The van der Waals surface area contributed by atoms with Gasteiger partial charge in [0.25, 0.3) is 0 Å². The van der Waals surface area contributed by atoms with Gasteiger partial charge in [0.2, 0.25) is 0 Å². The molecule has 0 rings (SSSR count). The van der Waals surface area contributed by atoms with Crippen molar-refractivity contribution in [2.24, 2.45) is 0 Å². The molecule has 8 heteroatoms. The van der Waals surface area contributed by atoms with Gasteiger partial charge in [-0.15, -0.1) is 0 Å². The molecule has 0 amide bonds. The second-order valence-electron chi connectivity index (χ2n) is 0.429. The summed E-state index contributed by atoms with van der Waals surface area (Å²) < 4.78 is -1.30. The van der Waals surface area contributed by atoms with E-state index in [-0.39, 0.29) is 16.4 Å². The Bertz CT molecular complexity index is 26.8. The van der Waals surface area contributed by atoms with Crippen molar-refractivity contribution in [1.82, 2.24) is 0 Å². The minimum atomic E-state index is -1.30. The third-order valence-electron chi connectivity index (χ3n) is 0. The van der Waals surface area contributed by atoms with Gasteiger partial charge in [0.15, 0.2) is 0 Å². The Balaban J connectivity index is -0.0000000267. The van der Waals surface area contributed by atoms with E-state index in [4.69, 9.17) is 0 Å². The Morgan fingerprint density at radius 2 is 0.625 bits per heavy atom. The zero-order valence-corrected chi connectivity index (χ0v) is 15.0. The summed E-state index contributed by atoms with van der Waals surface area (Å²) in [6.45, 7) is 0. The van der Waals surface area contributed by atoms with Crippen molar-refractivity contribution < 1.29 is 16.4 Å². The summed E-state index contributed by atoms with van der Waals surface area (Å²) >= 11 is 10.2. The summed E-state index contributed by atoms with van der Waals surface area (Å²) in [4.78, 5) is 0. The van der Waals surface area contributed by atoms with Crippen molar-refractivity contribution in [3.05, 3.63) is 0 Å². The number of hydrogen-bond donors (Lipinski definition) is 0. The van der Waals surface area contributed by atoms with Crippen molar-refractivity contribution in [3.63, 3.8) is 0 Å². The molecule has 0 fully saturated rings. The van der Waals surface area contributed by atoms with Crippen LogP contribution in [0.5, 0.6) is 0 Å². The average molecular weight is 680 g/mol. The van der Waals surface area contributed by atoms with Gasteiger partial charge in [-0.25, -0.2) is 0 Å². The van der Waals surface area contributed by atoms with Crippen LogP contribution < -0.4 is 0 Å². The van der Waals surface area contributed by atoms with E-state index in [0.29, 0.717) is 0 Å². The first kappa shape index (κ1) is 22.6. The van der Waals surface area contributed by atoms with E-state index in [9.17, 15) is 0 Å². The first-order valence-corrected chi connectivity index (χ1v) is 34.0. The molecule has 0 heterocycles. The summed E-state index contributed by atoms with van der Waals surface area (Å²) in [6, 6.07) is 0. The fraction of sp³-hybridized carbons (Fsp3) is 0. The van der Waals surface area contributed by atoms with Gasteiger partial charge in [-0.05, 0) is 0 Å². The topological polar surface area (TPSA) is 94.5 Å². The third-order valence-corrected chi connectivity index (χ3v) is 0. The first-order valence-electron chi connectivity index (χ1n) is 0.756. The van der Waals surface area contributed by atoms with Crippen molar-refractivity contribution in [3.8, 4) is 0 Å². The number of rotatable bonds is 0. The fourth-order valence-corrected chi connectivity index (χ4v) is 0. The molecule has 0 aromatic rings. The van der Waals surface area contributed by atoms with Crippen LogP contribution in [-0.2, 0) is 0 Å². The van der Waals surface area contributed by atoms with Gasteiger partial charge in [0.1, 0.15) is 0 Å². The monoisotopic (exact) mass is 682 g/mol. The SMILES string of the molecule is O.O.O.[I][Sn]([I])([I])[I]. The Labute approximate surface area is 90.7 Å². The zero-order valence-electron chi connectivity index (χ0n) is 3.51. The van der Waals surface area contributed by atoms with Crippen LogP contribution in [0.3, 0.4) is 0 Å². The maximum absolute atomic E-state index is 2.55. The van der Waals surface area contributed by atoms with E-state index >= 15 is 0 Å². The summed E-state index contributed by atoms with van der Waals surface area (Å²) in [6.07, 6.45) is 0. The van der Waals surface area contributed by atoms with Crippen molar-refractivity contribution in [2.45, 2.75) is 0 Å². The second-order valence-corrected chi connectivity index (χ2v) is 129. The first-order chi connectivity index (χ1) is 2.00. The van der Waals surface area contributed by atoms with Crippen LogP contribution in [0.25, 0.3) is 0 Å². The molecule has 8 heavy (non-hydrogen) atoms. The standard InChI is InChI=1S/4HI.3H2O.Sn/h4*1H;3*1H2;/q;;;;;;;+4/p-4. The van der Waals surface area contributed by atoms with Crippen LogP contribution in [0.1, 0.15) is 0 Å². The molecule has 3 nitrogen and oxygen atoms in total. The summed E-state index contributed by atoms with van der Waals surface area (Å²) in [5.41, 5.74) is 0. The van der Waals surface area contributed by atoms with Gasteiger partial charge >= 0.3 is 77.0 Å². The van der Waals surface area contributed by atoms with Gasteiger partial charge in [-0.1, -0.05) is 0 Å². The molecule has 0 aromatic carbocycles. The van der Waals surface area contributed by atoms with E-state index < -0.39 is 2.50 Å². The number of halogens is 4. The van der Waals surface area contributed by atoms with Crippen molar-refractivity contribution >= 4 is 77.0 Å². The average Bonchev–Trinajstić information content (AvgIpc) is 0.722. The molecule has 0 spiro atoms. The molecule has 0 saturated heterocycles. The Kier molecular flexibility index (Phi) is 29.9. The Hall–Kier alpha value is 3.60. The van der Waals surface area contributed by atoms with E-state index in [1.165, 1.54) is 0 Å². The molecule has 0 radical (unpaired) electrons. The summed E-state index contributed by atoms with van der Waals surface area (Å²) in [5, 5.41) is 0. The van der Waals surface area contributed by atoms with E-state index in [1.807, 2.05) is 0 Å². The minimum absolute atomic E-state index is 0. The van der Waals surface area contributed by atoms with E-state index in [0.717, 1.165) is 0 Å². The molecule has 0 bridgehead atoms. The molecule has 6 N–H and O–H groups in total. The second kappa shape index (κ2) is 10.6. The van der Waals surface area contributed by atoms with Gasteiger partial charge in [-0.3, -0.25) is 0 Å². The van der Waals surface area contributed by atoms with Crippen LogP contribution in [0, 0.1) is 0 Å². The molecule has 0 unspecified atom stereocenters. The van der Waals surface area contributed by atoms with Gasteiger partial charge in [0, 0.05) is 0 Å². The molecule has 0 saturated carbocycles.